The minimum absolute atomic E-state index is 0.517. The summed E-state index contributed by atoms with van der Waals surface area (Å²) in [5, 5.41) is 8.82. The summed E-state index contributed by atoms with van der Waals surface area (Å²) in [6.45, 7) is 3.65. The Morgan fingerprint density at radius 1 is 1.69 bits per heavy atom. The van der Waals surface area contributed by atoms with Gasteiger partial charge in [0.2, 0.25) is 0 Å². The molecule has 13 heavy (non-hydrogen) atoms. The summed E-state index contributed by atoms with van der Waals surface area (Å²) >= 11 is 0. The zero-order valence-electron chi connectivity index (χ0n) is 7.82. The number of carbonyl (C=O) groups is 1. The van der Waals surface area contributed by atoms with Gasteiger partial charge in [-0.15, -0.1) is 0 Å². The summed E-state index contributed by atoms with van der Waals surface area (Å²) in [6.07, 6.45) is 2.45. The predicted molar refractivity (Wildman–Crippen MR) is 49.7 cm³/mol. The van der Waals surface area contributed by atoms with Gasteiger partial charge in [0.15, 0.2) is 0 Å². The Hall–Kier alpha value is -1.38. The molecule has 0 aliphatic carbocycles. The lowest BCUT2D eigenvalue weighted by atomic mass is 10.0. The molecule has 3 nitrogen and oxygen atoms in total. The third-order valence-electron chi connectivity index (χ3n) is 2.09. The highest BCUT2D eigenvalue weighted by molar-refractivity contribution is 5.75. The van der Waals surface area contributed by atoms with Crippen LogP contribution in [0.5, 0.6) is 0 Å². The van der Waals surface area contributed by atoms with Crippen LogP contribution in [-0.2, 0) is 11.2 Å². The number of pyridine rings is 1. The molecule has 0 aliphatic rings. The summed E-state index contributed by atoms with van der Waals surface area (Å²) in [6, 6.07) is 3.75. The van der Waals surface area contributed by atoms with Gasteiger partial charge < -0.3 is 5.11 Å². The van der Waals surface area contributed by atoms with Crippen LogP contribution in [0.3, 0.4) is 0 Å². The standard InChI is InChI=1S/C10H13NO2/c1-3-8-5-4-6-11-9(8)7(2)10(12)13/h4-7H,3H2,1-2H3,(H,12,13). The van der Waals surface area contributed by atoms with Crippen LogP contribution in [-0.4, -0.2) is 16.1 Å². The molecular formula is C10H13NO2. The molecule has 0 fully saturated rings. The number of hydrogen-bond donors (Lipinski definition) is 1. The molecule has 3 heteroatoms. The van der Waals surface area contributed by atoms with Crippen LogP contribution in [0, 0.1) is 0 Å². The Morgan fingerprint density at radius 2 is 2.38 bits per heavy atom. The largest absolute Gasteiger partial charge is 0.481 e. The lowest BCUT2D eigenvalue weighted by molar-refractivity contribution is -0.138. The minimum atomic E-state index is -0.826. The normalized spacial score (nSPS) is 12.5. The zero-order chi connectivity index (χ0) is 9.84. The van der Waals surface area contributed by atoms with Gasteiger partial charge in [0, 0.05) is 6.20 Å². The molecule has 1 heterocycles. The van der Waals surface area contributed by atoms with Crippen LogP contribution in [0.15, 0.2) is 18.3 Å². The first kappa shape index (κ1) is 9.71. The fourth-order valence-corrected chi connectivity index (χ4v) is 1.26. The van der Waals surface area contributed by atoms with E-state index in [2.05, 4.69) is 4.98 Å². The molecule has 0 aliphatic heterocycles. The maximum Gasteiger partial charge on any atom is 0.312 e. The number of nitrogens with zero attached hydrogens (tertiary/aromatic N) is 1. The van der Waals surface area contributed by atoms with Gasteiger partial charge in [-0.3, -0.25) is 9.78 Å². The first-order chi connectivity index (χ1) is 6.16. The lowest BCUT2D eigenvalue weighted by Gasteiger charge is -2.09. The number of aryl methyl sites for hydroxylation is 1. The van der Waals surface area contributed by atoms with Crippen molar-refractivity contribution in [3.8, 4) is 0 Å². The molecular weight excluding hydrogens is 166 g/mol. The fraction of sp³-hybridized carbons (Fsp3) is 0.400. The maximum atomic E-state index is 10.7. The second-order valence-electron chi connectivity index (χ2n) is 2.96. The first-order valence-corrected chi connectivity index (χ1v) is 4.33. The molecule has 70 valence electrons. The highest BCUT2D eigenvalue weighted by Gasteiger charge is 2.17. The summed E-state index contributed by atoms with van der Waals surface area (Å²) < 4.78 is 0. The summed E-state index contributed by atoms with van der Waals surface area (Å²) in [4.78, 5) is 14.8. The fourth-order valence-electron chi connectivity index (χ4n) is 1.26. The number of aliphatic carboxylic acids is 1. The first-order valence-electron chi connectivity index (χ1n) is 4.33. The Labute approximate surface area is 77.4 Å². The third kappa shape index (κ3) is 2.05. The molecule has 0 saturated heterocycles. The van der Waals surface area contributed by atoms with E-state index in [0.29, 0.717) is 5.69 Å². The predicted octanol–water partition coefficient (Wildman–Crippen LogP) is 1.83. The lowest BCUT2D eigenvalue weighted by Crippen LogP contribution is -2.11. The molecule has 0 amide bonds. The third-order valence-corrected chi connectivity index (χ3v) is 2.09. The van der Waals surface area contributed by atoms with E-state index in [0.717, 1.165) is 12.0 Å². The molecule has 0 radical (unpaired) electrons. The van der Waals surface area contributed by atoms with Crippen molar-refractivity contribution in [2.45, 2.75) is 26.2 Å². The van der Waals surface area contributed by atoms with Crippen molar-refractivity contribution >= 4 is 5.97 Å². The van der Waals surface area contributed by atoms with Crippen molar-refractivity contribution in [2.75, 3.05) is 0 Å². The molecule has 0 saturated carbocycles. The van der Waals surface area contributed by atoms with Gasteiger partial charge >= 0.3 is 5.97 Å². The van der Waals surface area contributed by atoms with Crippen LogP contribution >= 0.6 is 0 Å². The molecule has 0 aromatic carbocycles. The summed E-state index contributed by atoms with van der Waals surface area (Å²) in [5.41, 5.74) is 1.69. The zero-order valence-corrected chi connectivity index (χ0v) is 7.82. The van der Waals surface area contributed by atoms with Gasteiger partial charge in [-0.05, 0) is 25.0 Å². The van der Waals surface area contributed by atoms with Gasteiger partial charge in [-0.25, -0.2) is 0 Å². The molecule has 1 aromatic heterocycles. The smallest absolute Gasteiger partial charge is 0.312 e. The van der Waals surface area contributed by atoms with Crippen molar-refractivity contribution in [1.82, 2.24) is 4.98 Å². The Kier molecular flexibility index (Phi) is 3.01. The van der Waals surface area contributed by atoms with Crippen LogP contribution in [0.2, 0.25) is 0 Å². The molecule has 0 spiro atoms. The van der Waals surface area contributed by atoms with Gasteiger partial charge in [0.25, 0.3) is 0 Å². The highest BCUT2D eigenvalue weighted by Crippen LogP contribution is 2.17. The topological polar surface area (TPSA) is 50.2 Å². The van der Waals surface area contributed by atoms with E-state index in [9.17, 15) is 4.79 Å². The average Bonchev–Trinajstić information content (AvgIpc) is 2.16. The Morgan fingerprint density at radius 3 is 2.92 bits per heavy atom. The molecule has 1 N–H and O–H groups in total. The van der Waals surface area contributed by atoms with E-state index in [-0.39, 0.29) is 0 Å². The molecule has 1 atom stereocenters. The highest BCUT2D eigenvalue weighted by atomic mass is 16.4. The van der Waals surface area contributed by atoms with Crippen molar-refractivity contribution in [1.29, 1.82) is 0 Å². The van der Waals surface area contributed by atoms with E-state index in [1.165, 1.54) is 0 Å². The second kappa shape index (κ2) is 4.03. The Bertz CT molecular complexity index is 310. The van der Waals surface area contributed by atoms with Gasteiger partial charge in [-0.2, -0.15) is 0 Å². The van der Waals surface area contributed by atoms with Crippen LogP contribution in [0.25, 0.3) is 0 Å². The van der Waals surface area contributed by atoms with Crippen molar-refractivity contribution in [3.63, 3.8) is 0 Å². The maximum absolute atomic E-state index is 10.7. The molecule has 0 bridgehead atoms. The summed E-state index contributed by atoms with van der Waals surface area (Å²) in [7, 11) is 0. The van der Waals surface area contributed by atoms with E-state index < -0.39 is 11.9 Å². The number of aromatic nitrogens is 1. The quantitative estimate of drug-likeness (QED) is 0.770. The summed E-state index contributed by atoms with van der Waals surface area (Å²) in [5.74, 6) is -1.34. The number of rotatable bonds is 3. The molecule has 1 rings (SSSR count). The number of carboxylic acids is 1. The van der Waals surface area contributed by atoms with E-state index in [4.69, 9.17) is 5.11 Å². The van der Waals surface area contributed by atoms with Crippen LogP contribution in [0.1, 0.15) is 31.0 Å². The van der Waals surface area contributed by atoms with E-state index >= 15 is 0 Å². The Balaban J connectivity index is 3.05. The van der Waals surface area contributed by atoms with E-state index in [1.54, 1.807) is 13.1 Å². The van der Waals surface area contributed by atoms with Gasteiger partial charge in [0.05, 0.1) is 11.6 Å². The average molecular weight is 179 g/mol. The number of hydrogen-bond acceptors (Lipinski definition) is 2. The molecule has 1 unspecified atom stereocenters. The van der Waals surface area contributed by atoms with Gasteiger partial charge in [0.1, 0.15) is 0 Å². The van der Waals surface area contributed by atoms with E-state index in [1.807, 2.05) is 19.1 Å². The van der Waals surface area contributed by atoms with Crippen LogP contribution < -0.4 is 0 Å². The van der Waals surface area contributed by atoms with Gasteiger partial charge in [-0.1, -0.05) is 13.0 Å². The number of carboxylic acid groups (broad SMARTS) is 1. The molecule has 1 aromatic rings. The van der Waals surface area contributed by atoms with Crippen LogP contribution in [0.4, 0.5) is 0 Å². The monoisotopic (exact) mass is 179 g/mol. The van der Waals surface area contributed by atoms with Crippen molar-refractivity contribution < 1.29 is 9.90 Å². The van der Waals surface area contributed by atoms with Crippen molar-refractivity contribution in [2.24, 2.45) is 0 Å². The van der Waals surface area contributed by atoms with Crippen molar-refractivity contribution in [3.05, 3.63) is 29.6 Å². The minimum Gasteiger partial charge on any atom is -0.481 e. The SMILES string of the molecule is CCc1cccnc1C(C)C(=O)O. The second-order valence-corrected chi connectivity index (χ2v) is 2.96.